The maximum absolute atomic E-state index is 12.1. The number of ether oxygens (including phenoxy) is 1. The number of likely N-dealkylation sites (tertiary alicyclic amines) is 1. The SMILES string of the molecule is O=C1C2C3CCC(O3)C2C(=O)N1CC#CCCl. The van der Waals surface area contributed by atoms with Gasteiger partial charge in [0.2, 0.25) is 11.8 Å². The van der Waals surface area contributed by atoms with Gasteiger partial charge in [-0.2, -0.15) is 0 Å². The minimum atomic E-state index is -0.251. The van der Waals surface area contributed by atoms with E-state index >= 15 is 0 Å². The summed E-state index contributed by atoms with van der Waals surface area (Å²) in [4.78, 5) is 25.5. The highest BCUT2D eigenvalue weighted by atomic mass is 35.5. The van der Waals surface area contributed by atoms with Crippen molar-refractivity contribution >= 4 is 23.4 Å². The smallest absolute Gasteiger partial charge is 0.236 e. The number of alkyl halides is 1. The summed E-state index contributed by atoms with van der Waals surface area (Å²) in [7, 11) is 0. The van der Waals surface area contributed by atoms with Crippen LogP contribution in [0.15, 0.2) is 0 Å². The number of halogens is 1. The van der Waals surface area contributed by atoms with Gasteiger partial charge in [0.25, 0.3) is 0 Å². The molecule has 3 fully saturated rings. The molecule has 3 saturated heterocycles. The topological polar surface area (TPSA) is 46.6 Å². The van der Waals surface area contributed by atoms with Crippen LogP contribution in [0.2, 0.25) is 0 Å². The summed E-state index contributed by atoms with van der Waals surface area (Å²) in [5.74, 6) is 4.89. The lowest BCUT2D eigenvalue weighted by Crippen LogP contribution is -2.34. The zero-order valence-corrected chi connectivity index (χ0v) is 9.94. The van der Waals surface area contributed by atoms with Crippen LogP contribution in [0.5, 0.6) is 0 Å². The summed E-state index contributed by atoms with van der Waals surface area (Å²) in [6.45, 7) is 0.164. The van der Waals surface area contributed by atoms with Crippen molar-refractivity contribution in [2.45, 2.75) is 25.0 Å². The van der Waals surface area contributed by atoms with Gasteiger partial charge in [-0.3, -0.25) is 14.5 Å². The molecule has 5 heteroatoms. The maximum Gasteiger partial charge on any atom is 0.236 e. The van der Waals surface area contributed by atoms with E-state index in [1.165, 1.54) is 4.90 Å². The van der Waals surface area contributed by atoms with Crippen molar-refractivity contribution in [3.8, 4) is 11.8 Å². The monoisotopic (exact) mass is 253 g/mol. The maximum atomic E-state index is 12.1. The number of hydrogen-bond acceptors (Lipinski definition) is 3. The normalized spacial score (nSPS) is 38.3. The first-order valence-electron chi connectivity index (χ1n) is 5.76. The van der Waals surface area contributed by atoms with Crippen LogP contribution in [0, 0.1) is 23.7 Å². The molecule has 3 aliphatic heterocycles. The molecule has 2 amide bonds. The minimum absolute atomic E-state index is 0.0487. The van der Waals surface area contributed by atoms with Gasteiger partial charge in [-0.15, -0.1) is 11.6 Å². The van der Waals surface area contributed by atoms with Crippen LogP contribution in [0.3, 0.4) is 0 Å². The fraction of sp³-hybridized carbons (Fsp3) is 0.667. The van der Waals surface area contributed by atoms with Gasteiger partial charge in [0.15, 0.2) is 0 Å². The van der Waals surface area contributed by atoms with Gasteiger partial charge in [-0.05, 0) is 12.8 Å². The Morgan fingerprint density at radius 3 is 2.29 bits per heavy atom. The molecule has 4 unspecified atom stereocenters. The first-order valence-corrected chi connectivity index (χ1v) is 6.30. The molecule has 0 N–H and O–H groups in total. The summed E-state index contributed by atoms with van der Waals surface area (Å²) in [6, 6.07) is 0. The molecule has 2 bridgehead atoms. The third-order valence-electron chi connectivity index (χ3n) is 3.80. The molecule has 4 atom stereocenters. The molecule has 0 spiro atoms. The molecule has 4 nitrogen and oxygen atoms in total. The highest BCUT2D eigenvalue weighted by Gasteiger charge is 2.62. The van der Waals surface area contributed by atoms with Gasteiger partial charge in [0.1, 0.15) is 0 Å². The third kappa shape index (κ3) is 1.50. The van der Waals surface area contributed by atoms with Crippen molar-refractivity contribution in [3.63, 3.8) is 0 Å². The fourth-order valence-corrected chi connectivity index (χ4v) is 3.21. The molecule has 0 radical (unpaired) electrons. The van der Waals surface area contributed by atoms with Crippen LogP contribution < -0.4 is 0 Å². The molecule has 0 aromatic carbocycles. The highest BCUT2D eigenvalue weighted by molar-refractivity contribution is 6.19. The van der Waals surface area contributed by atoms with E-state index in [0.717, 1.165) is 12.8 Å². The number of carbonyl (C=O) groups is 2. The van der Waals surface area contributed by atoms with Crippen molar-refractivity contribution in [2.75, 3.05) is 12.4 Å². The Hall–Kier alpha value is -1.05. The standard InChI is InChI=1S/C12H12ClNO3/c13-5-1-2-6-14-11(15)9-7-3-4-8(17-7)10(9)12(14)16/h7-10H,3-6H2. The highest BCUT2D eigenvalue weighted by Crippen LogP contribution is 2.48. The van der Waals surface area contributed by atoms with Crippen LogP contribution in [-0.4, -0.2) is 41.3 Å². The second-order valence-corrected chi connectivity index (χ2v) is 4.86. The second-order valence-electron chi connectivity index (χ2n) is 4.59. The molecule has 0 aromatic heterocycles. The summed E-state index contributed by atoms with van der Waals surface area (Å²) in [6.07, 6.45) is 1.69. The van der Waals surface area contributed by atoms with E-state index in [1.807, 2.05) is 0 Å². The number of amides is 2. The Kier molecular flexibility index (Phi) is 2.61. The van der Waals surface area contributed by atoms with Crippen molar-refractivity contribution < 1.29 is 14.3 Å². The van der Waals surface area contributed by atoms with E-state index in [-0.39, 0.29) is 48.3 Å². The lowest BCUT2D eigenvalue weighted by molar-refractivity contribution is -0.141. The summed E-state index contributed by atoms with van der Waals surface area (Å²) in [5.41, 5.74) is 0. The number of rotatable bonds is 1. The molecule has 3 rings (SSSR count). The summed E-state index contributed by atoms with van der Waals surface area (Å²) < 4.78 is 5.63. The Morgan fingerprint density at radius 2 is 1.76 bits per heavy atom. The zero-order chi connectivity index (χ0) is 12.0. The molecule has 3 heterocycles. The average molecular weight is 254 g/mol. The Balaban J connectivity index is 1.81. The van der Waals surface area contributed by atoms with E-state index in [4.69, 9.17) is 16.3 Å². The van der Waals surface area contributed by atoms with Crippen LogP contribution >= 0.6 is 11.6 Å². The number of carbonyl (C=O) groups excluding carboxylic acids is 2. The molecule has 90 valence electrons. The van der Waals surface area contributed by atoms with E-state index < -0.39 is 0 Å². The molecule has 0 saturated carbocycles. The van der Waals surface area contributed by atoms with Gasteiger partial charge in [-0.25, -0.2) is 0 Å². The van der Waals surface area contributed by atoms with Crippen molar-refractivity contribution in [1.82, 2.24) is 4.90 Å². The van der Waals surface area contributed by atoms with Crippen LogP contribution in [0.25, 0.3) is 0 Å². The van der Waals surface area contributed by atoms with Gasteiger partial charge >= 0.3 is 0 Å². The van der Waals surface area contributed by atoms with Gasteiger partial charge < -0.3 is 4.74 Å². The largest absolute Gasteiger partial charge is 0.373 e. The number of nitrogens with zero attached hydrogens (tertiary/aromatic N) is 1. The molecule has 3 aliphatic rings. The van der Waals surface area contributed by atoms with Gasteiger partial charge in [0, 0.05) is 0 Å². The van der Waals surface area contributed by atoms with E-state index in [2.05, 4.69) is 11.8 Å². The van der Waals surface area contributed by atoms with Crippen LogP contribution in [-0.2, 0) is 14.3 Å². The molecule has 0 aliphatic carbocycles. The fourth-order valence-electron chi connectivity index (χ4n) is 3.11. The molecular formula is C12H12ClNO3. The lowest BCUT2D eigenvalue weighted by Gasteiger charge is -2.15. The van der Waals surface area contributed by atoms with Gasteiger partial charge in [-0.1, -0.05) is 11.8 Å². The molecular weight excluding hydrogens is 242 g/mol. The van der Waals surface area contributed by atoms with Crippen molar-refractivity contribution in [1.29, 1.82) is 0 Å². The van der Waals surface area contributed by atoms with Crippen molar-refractivity contribution in [2.24, 2.45) is 11.8 Å². The van der Waals surface area contributed by atoms with E-state index in [0.29, 0.717) is 0 Å². The average Bonchev–Trinajstić information content (AvgIpc) is 2.97. The predicted molar refractivity (Wildman–Crippen MR) is 60.1 cm³/mol. The molecule has 0 aromatic rings. The number of hydrogen-bond donors (Lipinski definition) is 0. The molecule has 17 heavy (non-hydrogen) atoms. The Morgan fingerprint density at radius 1 is 1.18 bits per heavy atom. The van der Waals surface area contributed by atoms with Crippen LogP contribution in [0.4, 0.5) is 0 Å². The lowest BCUT2D eigenvalue weighted by atomic mass is 9.81. The van der Waals surface area contributed by atoms with E-state index in [1.54, 1.807) is 0 Å². The number of imide groups is 1. The Bertz CT molecular complexity index is 411. The Labute approximate surface area is 104 Å². The predicted octanol–water partition coefficient (Wildman–Crippen LogP) is 0.391. The van der Waals surface area contributed by atoms with E-state index in [9.17, 15) is 9.59 Å². The summed E-state index contributed by atoms with van der Waals surface area (Å²) >= 11 is 5.43. The number of fused-ring (bicyclic) bond motifs is 5. The van der Waals surface area contributed by atoms with Crippen LogP contribution in [0.1, 0.15) is 12.8 Å². The minimum Gasteiger partial charge on any atom is -0.373 e. The first-order chi connectivity index (χ1) is 8.24. The first kappa shape index (κ1) is 11.1. The summed E-state index contributed by atoms with van der Waals surface area (Å²) in [5, 5.41) is 0. The van der Waals surface area contributed by atoms with Crippen molar-refractivity contribution in [3.05, 3.63) is 0 Å². The second kappa shape index (κ2) is 4.01. The van der Waals surface area contributed by atoms with Gasteiger partial charge in [0.05, 0.1) is 36.5 Å². The quantitative estimate of drug-likeness (QED) is 0.386. The zero-order valence-electron chi connectivity index (χ0n) is 9.19. The third-order valence-corrected chi connectivity index (χ3v) is 3.94.